The van der Waals surface area contributed by atoms with Crippen molar-refractivity contribution in [3.63, 3.8) is 0 Å². The Kier molecular flexibility index (Phi) is 7.25. The quantitative estimate of drug-likeness (QED) is 0.677. The second-order valence-electron chi connectivity index (χ2n) is 5.61. The second-order valence-corrected chi connectivity index (χ2v) is 6.02. The van der Waals surface area contributed by atoms with Crippen molar-refractivity contribution in [2.45, 2.75) is 6.92 Å². The van der Waals surface area contributed by atoms with E-state index in [0.717, 1.165) is 5.56 Å². The third-order valence-corrected chi connectivity index (χ3v) is 4.14. The van der Waals surface area contributed by atoms with Gasteiger partial charge in [-0.3, -0.25) is 9.59 Å². The van der Waals surface area contributed by atoms with Crippen LogP contribution in [0.1, 0.15) is 15.9 Å². The van der Waals surface area contributed by atoms with Gasteiger partial charge in [-0.2, -0.15) is 0 Å². The Morgan fingerprint density at radius 2 is 2.00 bits per heavy atom. The number of carbonyl (C=O) groups excluding carboxylic acids is 2. The zero-order valence-corrected chi connectivity index (χ0v) is 15.9. The first-order valence-electron chi connectivity index (χ1n) is 8.21. The molecule has 0 saturated carbocycles. The largest absolute Gasteiger partial charge is 0.493 e. The predicted molar refractivity (Wildman–Crippen MR) is 106 cm³/mol. The first kappa shape index (κ1) is 20.3. The van der Waals surface area contributed by atoms with E-state index in [4.69, 9.17) is 21.1 Å². The molecule has 2 amide bonds. The van der Waals surface area contributed by atoms with Crippen molar-refractivity contribution in [1.29, 1.82) is 0 Å². The van der Waals surface area contributed by atoms with Gasteiger partial charge < -0.3 is 20.1 Å². The van der Waals surface area contributed by atoms with Gasteiger partial charge in [0.15, 0.2) is 11.5 Å². The lowest BCUT2D eigenvalue weighted by Gasteiger charge is -2.12. The van der Waals surface area contributed by atoms with E-state index in [1.54, 1.807) is 49.4 Å². The monoisotopic (exact) mass is 388 g/mol. The highest BCUT2D eigenvalue weighted by Gasteiger charge is 2.13. The van der Waals surface area contributed by atoms with Crippen molar-refractivity contribution in [2.24, 2.45) is 0 Å². The number of anilines is 1. The van der Waals surface area contributed by atoms with Gasteiger partial charge in [0.25, 0.3) is 5.91 Å². The lowest BCUT2D eigenvalue weighted by molar-refractivity contribution is -0.115. The first-order chi connectivity index (χ1) is 13.0. The summed E-state index contributed by atoms with van der Waals surface area (Å²) in [7, 11) is 1.48. The molecule has 0 unspecified atom stereocenters. The fourth-order valence-electron chi connectivity index (χ4n) is 2.28. The van der Waals surface area contributed by atoms with Crippen LogP contribution < -0.4 is 20.1 Å². The Morgan fingerprint density at radius 1 is 1.22 bits per heavy atom. The molecule has 2 aromatic rings. The van der Waals surface area contributed by atoms with Crippen LogP contribution in [0.5, 0.6) is 11.5 Å². The van der Waals surface area contributed by atoms with E-state index in [-0.39, 0.29) is 12.5 Å². The Balaban J connectivity index is 1.97. The molecule has 0 aliphatic heterocycles. The molecule has 2 rings (SSSR count). The minimum Gasteiger partial charge on any atom is -0.493 e. The van der Waals surface area contributed by atoms with E-state index < -0.39 is 5.91 Å². The summed E-state index contributed by atoms with van der Waals surface area (Å²) in [5.74, 6) is 0.166. The maximum absolute atomic E-state index is 12.3. The normalized spacial score (nSPS) is 10.0. The fraction of sp³-hybridized carbons (Fsp3) is 0.200. The molecule has 6 nitrogen and oxygen atoms in total. The number of methoxy groups -OCH3 is 1. The average molecular weight is 389 g/mol. The molecule has 0 aromatic heterocycles. The highest BCUT2D eigenvalue weighted by molar-refractivity contribution is 6.31. The molecule has 0 saturated heterocycles. The first-order valence-corrected chi connectivity index (χ1v) is 8.59. The van der Waals surface area contributed by atoms with Crippen LogP contribution >= 0.6 is 11.6 Å². The molecule has 0 bridgehead atoms. The number of amides is 2. The minimum absolute atomic E-state index is 0.179. The van der Waals surface area contributed by atoms with Crippen molar-refractivity contribution in [2.75, 3.05) is 25.6 Å². The number of rotatable bonds is 8. The van der Waals surface area contributed by atoms with Gasteiger partial charge in [-0.15, -0.1) is 0 Å². The summed E-state index contributed by atoms with van der Waals surface area (Å²) in [4.78, 5) is 24.4. The lowest BCUT2D eigenvalue weighted by atomic mass is 10.2. The van der Waals surface area contributed by atoms with E-state index in [1.807, 2.05) is 0 Å². The van der Waals surface area contributed by atoms with E-state index in [9.17, 15) is 9.59 Å². The number of ether oxygens (including phenoxy) is 2. The van der Waals surface area contributed by atoms with Gasteiger partial charge in [0.1, 0.15) is 6.61 Å². The van der Waals surface area contributed by atoms with Crippen LogP contribution in [0.2, 0.25) is 5.02 Å². The third kappa shape index (κ3) is 5.49. The van der Waals surface area contributed by atoms with Crippen LogP contribution in [0.4, 0.5) is 5.69 Å². The summed E-state index contributed by atoms with van der Waals surface area (Å²) < 4.78 is 10.7. The summed E-state index contributed by atoms with van der Waals surface area (Å²) in [5.41, 5.74) is 1.72. The molecule has 0 radical (unpaired) electrons. The molecule has 0 aliphatic carbocycles. The zero-order valence-electron chi connectivity index (χ0n) is 15.2. The molecule has 2 N–H and O–H groups in total. The van der Waals surface area contributed by atoms with Crippen LogP contribution in [0.15, 0.2) is 49.1 Å². The number of halogens is 1. The molecule has 27 heavy (non-hydrogen) atoms. The summed E-state index contributed by atoms with van der Waals surface area (Å²) in [6.07, 6.45) is 1.61. The SMILES string of the molecule is C=CCOc1ccc(C(=O)NCC(=O)Nc2cccc(Cl)c2C)cc1OC. The molecule has 142 valence electrons. The summed E-state index contributed by atoms with van der Waals surface area (Å²) in [6.45, 7) is 5.53. The van der Waals surface area contributed by atoms with Gasteiger partial charge in [-0.05, 0) is 42.8 Å². The number of hydrogen-bond donors (Lipinski definition) is 2. The van der Waals surface area contributed by atoms with Crippen molar-refractivity contribution in [3.05, 3.63) is 65.2 Å². The Bertz CT molecular complexity index is 852. The molecule has 0 aliphatic rings. The lowest BCUT2D eigenvalue weighted by Crippen LogP contribution is -2.33. The zero-order chi connectivity index (χ0) is 19.8. The maximum Gasteiger partial charge on any atom is 0.251 e. The number of nitrogens with one attached hydrogen (secondary N) is 2. The van der Waals surface area contributed by atoms with Gasteiger partial charge in [-0.1, -0.05) is 30.3 Å². The average Bonchev–Trinajstić information content (AvgIpc) is 2.67. The minimum atomic E-state index is -0.401. The van der Waals surface area contributed by atoms with Gasteiger partial charge >= 0.3 is 0 Å². The molecular formula is C20H21ClN2O4. The topological polar surface area (TPSA) is 76.7 Å². The standard InChI is InChI=1S/C20H21ClN2O4/c1-4-10-27-17-9-8-14(11-18(17)26-3)20(25)22-12-19(24)23-16-7-5-6-15(21)13(16)2/h4-9,11H,1,10,12H2,2-3H3,(H,22,25)(H,23,24). The van der Waals surface area contributed by atoms with E-state index in [2.05, 4.69) is 17.2 Å². The molecule has 0 fully saturated rings. The molecule has 2 aromatic carbocycles. The van der Waals surface area contributed by atoms with Crippen molar-refractivity contribution in [3.8, 4) is 11.5 Å². The van der Waals surface area contributed by atoms with E-state index >= 15 is 0 Å². The molecule has 0 heterocycles. The van der Waals surface area contributed by atoms with Crippen LogP contribution in [0.3, 0.4) is 0 Å². The third-order valence-electron chi connectivity index (χ3n) is 3.73. The van der Waals surface area contributed by atoms with Gasteiger partial charge in [-0.25, -0.2) is 0 Å². The maximum atomic E-state index is 12.3. The van der Waals surface area contributed by atoms with Crippen molar-refractivity contribution < 1.29 is 19.1 Å². The molecule has 0 spiro atoms. The Labute approximate surface area is 163 Å². The summed E-state index contributed by atoms with van der Waals surface area (Å²) in [5, 5.41) is 5.85. The molecule has 0 atom stereocenters. The number of carbonyl (C=O) groups is 2. The predicted octanol–water partition coefficient (Wildman–Crippen LogP) is 3.59. The summed E-state index contributed by atoms with van der Waals surface area (Å²) >= 11 is 6.03. The van der Waals surface area contributed by atoms with Crippen LogP contribution in [0.25, 0.3) is 0 Å². The highest BCUT2D eigenvalue weighted by atomic mass is 35.5. The Morgan fingerprint density at radius 3 is 2.70 bits per heavy atom. The van der Waals surface area contributed by atoms with Crippen LogP contribution in [0, 0.1) is 6.92 Å². The van der Waals surface area contributed by atoms with Crippen LogP contribution in [-0.4, -0.2) is 32.1 Å². The number of benzene rings is 2. The van der Waals surface area contributed by atoms with E-state index in [0.29, 0.717) is 34.4 Å². The fourth-order valence-corrected chi connectivity index (χ4v) is 2.45. The second kappa shape index (κ2) is 9.64. The Hall–Kier alpha value is -2.99. The van der Waals surface area contributed by atoms with Crippen molar-refractivity contribution >= 4 is 29.1 Å². The summed E-state index contributed by atoms with van der Waals surface area (Å²) in [6, 6.07) is 10.00. The van der Waals surface area contributed by atoms with Crippen LogP contribution in [-0.2, 0) is 4.79 Å². The number of hydrogen-bond acceptors (Lipinski definition) is 4. The van der Waals surface area contributed by atoms with Gasteiger partial charge in [0.05, 0.1) is 13.7 Å². The van der Waals surface area contributed by atoms with E-state index in [1.165, 1.54) is 7.11 Å². The van der Waals surface area contributed by atoms with Gasteiger partial charge in [0.2, 0.25) is 5.91 Å². The highest BCUT2D eigenvalue weighted by Crippen LogP contribution is 2.28. The molecular weight excluding hydrogens is 368 g/mol. The molecule has 7 heteroatoms. The van der Waals surface area contributed by atoms with Crippen molar-refractivity contribution in [1.82, 2.24) is 5.32 Å². The van der Waals surface area contributed by atoms with Gasteiger partial charge in [0, 0.05) is 16.3 Å². The smallest absolute Gasteiger partial charge is 0.251 e.